The van der Waals surface area contributed by atoms with Crippen LogP contribution in [0.5, 0.6) is 0 Å². The molecule has 70 valence electrons. The quantitative estimate of drug-likeness (QED) is 0.707. The maximum absolute atomic E-state index is 6.02. The molecule has 0 saturated heterocycles. The summed E-state index contributed by atoms with van der Waals surface area (Å²) >= 11 is 0. The van der Waals surface area contributed by atoms with E-state index in [1.165, 1.54) is 30.7 Å². The third-order valence-corrected chi connectivity index (χ3v) is 3.09. The molecule has 1 atom stereocenters. The average molecular weight is 177 g/mol. The van der Waals surface area contributed by atoms with Crippen LogP contribution in [-0.4, -0.2) is 9.78 Å². The summed E-state index contributed by atoms with van der Waals surface area (Å²) in [6.45, 7) is 1.07. The van der Waals surface area contributed by atoms with Gasteiger partial charge in [-0.1, -0.05) is 0 Å². The van der Waals surface area contributed by atoms with Crippen LogP contribution in [0.2, 0.25) is 0 Å². The fourth-order valence-electron chi connectivity index (χ4n) is 2.12. The summed E-state index contributed by atoms with van der Waals surface area (Å²) in [4.78, 5) is 0. The Morgan fingerprint density at radius 2 is 2.23 bits per heavy atom. The maximum Gasteiger partial charge on any atom is 0.0659 e. The first-order chi connectivity index (χ1) is 6.34. The molecule has 0 amide bonds. The van der Waals surface area contributed by atoms with Gasteiger partial charge in [-0.25, -0.2) is 0 Å². The number of nitrogens with two attached hydrogens (primary N) is 1. The Morgan fingerprint density at radius 1 is 1.38 bits per heavy atom. The number of hydrogen-bond acceptors (Lipinski definition) is 2. The number of aromatic nitrogens is 2. The lowest BCUT2D eigenvalue weighted by Gasteiger charge is -2.19. The van der Waals surface area contributed by atoms with Crippen molar-refractivity contribution in [2.24, 2.45) is 5.73 Å². The molecule has 0 radical (unpaired) electrons. The van der Waals surface area contributed by atoms with Crippen molar-refractivity contribution in [2.45, 2.75) is 44.2 Å². The van der Waals surface area contributed by atoms with Crippen LogP contribution in [0, 0.1) is 0 Å². The van der Waals surface area contributed by atoms with E-state index in [9.17, 15) is 0 Å². The minimum atomic E-state index is 0.230. The van der Waals surface area contributed by atoms with E-state index in [0.29, 0.717) is 0 Å². The number of aryl methyl sites for hydroxylation is 1. The first-order valence-electron chi connectivity index (χ1n) is 5.18. The molecule has 1 aromatic rings. The van der Waals surface area contributed by atoms with Gasteiger partial charge in [0.1, 0.15) is 0 Å². The summed E-state index contributed by atoms with van der Waals surface area (Å²) in [5.74, 6) is 0.755. The van der Waals surface area contributed by atoms with E-state index >= 15 is 0 Å². The minimum absolute atomic E-state index is 0.230. The molecule has 2 N–H and O–H groups in total. The van der Waals surface area contributed by atoms with E-state index in [4.69, 9.17) is 5.73 Å². The third-order valence-electron chi connectivity index (χ3n) is 3.09. The zero-order valence-electron chi connectivity index (χ0n) is 7.74. The summed E-state index contributed by atoms with van der Waals surface area (Å²) in [5.41, 5.74) is 8.56. The fourth-order valence-corrected chi connectivity index (χ4v) is 2.12. The molecular formula is C10H15N3. The zero-order chi connectivity index (χ0) is 8.84. The molecule has 1 aromatic heterocycles. The molecule has 1 aliphatic carbocycles. The van der Waals surface area contributed by atoms with Gasteiger partial charge in [-0.05, 0) is 31.7 Å². The van der Waals surface area contributed by atoms with Crippen LogP contribution in [0.3, 0.4) is 0 Å². The number of rotatable bonds is 1. The Morgan fingerprint density at radius 3 is 2.92 bits per heavy atom. The highest BCUT2D eigenvalue weighted by molar-refractivity contribution is 5.21. The highest BCUT2D eigenvalue weighted by Gasteiger charge is 2.29. The summed E-state index contributed by atoms with van der Waals surface area (Å²) in [7, 11) is 0. The van der Waals surface area contributed by atoms with Crippen LogP contribution in [0.4, 0.5) is 0 Å². The molecule has 1 saturated carbocycles. The molecule has 1 unspecified atom stereocenters. The molecule has 0 bridgehead atoms. The molecule has 13 heavy (non-hydrogen) atoms. The Kier molecular flexibility index (Phi) is 1.50. The Balaban J connectivity index is 1.99. The largest absolute Gasteiger partial charge is 0.323 e. The van der Waals surface area contributed by atoms with Gasteiger partial charge in [-0.2, -0.15) is 5.10 Å². The lowest BCUT2D eigenvalue weighted by molar-refractivity contribution is 0.429. The van der Waals surface area contributed by atoms with Crippen molar-refractivity contribution in [1.82, 2.24) is 9.78 Å². The fraction of sp³-hybridized carbons (Fsp3) is 0.700. The van der Waals surface area contributed by atoms with Crippen LogP contribution < -0.4 is 5.73 Å². The van der Waals surface area contributed by atoms with Crippen LogP contribution in [0.15, 0.2) is 6.07 Å². The monoisotopic (exact) mass is 177 g/mol. The van der Waals surface area contributed by atoms with E-state index in [-0.39, 0.29) is 6.04 Å². The molecule has 3 nitrogen and oxygen atoms in total. The van der Waals surface area contributed by atoms with Crippen molar-refractivity contribution in [3.05, 3.63) is 17.5 Å². The second-order valence-electron chi connectivity index (χ2n) is 4.24. The summed E-state index contributed by atoms with van der Waals surface area (Å²) < 4.78 is 2.11. The van der Waals surface area contributed by atoms with Crippen LogP contribution in [0.1, 0.15) is 49.0 Å². The minimum Gasteiger partial charge on any atom is -0.323 e. The molecular weight excluding hydrogens is 162 g/mol. The van der Waals surface area contributed by atoms with Crippen molar-refractivity contribution in [3.8, 4) is 0 Å². The zero-order valence-corrected chi connectivity index (χ0v) is 7.74. The maximum atomic E-state index is 6.02. The molecule has 2 heterocycles. The lowest BCUT2D eigenvalue weighted by Crippen LogP contribution is -2.21. The molecule has 1 aliphatic heterocycles. The first kappa shape index (κ1) is 7.56. The van der Waals surface area contributed by atoms with E-state index in [1.807, 2.05) is 0 Å². The van der Waals surface area contributed by atoms with Crippen LogP contribution in [-0.2, 0) is 6.54 Å². The Labute approximate surface area is 77.9 Å². The van der Waals surface area contributed by atoms with Crippen molar-refractivity contribution in [2.75, 3.05) is 0 Å². The summed E-state index contributed by atoms with van der Waals surface area (Å²) in [6, 6.07) is 2.45. The molecule has 3 heteroatoms. The summed E-state index contributed by atoms with van der Waals surface area (Å²) in [5, 5.41) is 4.60. The van der Waals surface area contributed by atoms with Crippen LogP contribution in [0.25, 0.3) is 0 Å². The predicted octanol–water partition coefficient (Wildman–Crippen LogP) is 1.55. The van der Waals surface area contributed by atoms with Gasteiger partial charge in [0, 0.05) is 18.5 Å². The predicted molar refractivity (Wildman–Crippen MR) is 50.4 cm³/mol. The van der Waals surface area contributed by atoms with Gasteiger partial charge >= 0.3 is 0 Å². The van der Waals surface area contributed by atoms with Gasteiger partial charge in [0.25, 0.3) is 0 Å². The molecule has 3 rings (SSSR count). The van der Waals surface area contributed by atoms with Crippen LogP contribution >= 0.6 is 0 Å². The van der Waals surface area contributed by atoms with Crippen molar-refractivity contribution >= 4 is 0 Å². The second-order valence-corrected chi connectivity index (χ2v) is 4.24. The van der Waals surface area contributed by atoms with Gasteiger partial charge in [-0.15, -0.1) is 0 Å². The van der Waals surface area contributed by atoms with Gasteiger partial charge in [0.05, 0.1) is 11.4 Å². The van der Waals surface area contributed by atoms with E-state index in [2.05, 4.69) is 15.8 Å². The van der Waals surface area contributed by atoms with Crippen molar-refractivity contribution < 1.29 is 0 Å². The van der Waals surface area contributed by atoms with Crippen molar-refractivity contribution in [1.29, 1.82) is 0 Å². The summed E-state index contributed by atoms with van der Waals surface area (Å²) in [6.07, 6.45) is 4.95. The standard InChI is InChI=1S/C10H15N3/c11-8-2-1-5-13-10(8)6-9(12-13)7-3-4-7/h6-8H,1-5,11H2. The van der Waals surface area contributed by atoms with Gasteiger partial charge in [0.15, 0.2) is 0 Å². The smallest absolute Gasteiger partial charge is 0.0659 e. The first-order valence-corrected chi connectivity index (χ1v) is 5.18. The Bertz CT molecular complexity index is 325. The van der Waals surface area contributed by atoms with Gasteiger partial charge in [0.2, 0.25) is 0 Å². The number of hydrogen-bond donors (Lipinski definition) is 1. The number of fused-ring (bicyclic) bond motifs is 1. The van der Waals surface area contributed by atoms with E-state index in [0.717, 1.165) is 18.9 Å². The van der Waals surface area contributed by atoms with E-state index in [1.54, 1.807) is 0 Å². The SMILES string of the molecule is NC1CCCn2nc(C3CC3)cc21. The highest BCUT2D eigenvalue weighted by atomic mass is 15.3. The normalized spacial score (nSPS) is 27.3. The molecule has 1 fully saturated rings. The highest BCUT2D eigenvalue weighted by Crippen LogP contribution is 2.40. The Hall–Kier alpha value is -0.830. The van der Waals surface area contributed by atoms with Gasteiger partial charge in [-0.3, -0.25) is 4.68 Å². The lowest BCUT2D eigenvalue weighted by atomic mass is 10.1. The molecule has 0 spiro atoms. The van der Waals surface area contributed by atoms with Crippen molar-refractivity contribution in [3.63, 3.8) is 0 Å². The second kappa shape index (κ2) is 2.58. The topological polar surface area (TPSA) is 43.8 Å². The number of nitrogens with zero attached hydrogens (tertiary/aromatic N) is 2. The van der Waals surface area contributed by atoms with Gasteiger partial charge < -0.3 is 5.73 Å². The molecule has 0 aromatic carbocycles. The third kappa shape index (κ3) is 1.18. The van der Waals surface area contributed by atoms with E-state index < -0.39 is 0 Å². The average Bonchev–Trinajstić information content (AvgIpc) is 2.87. The molecule has 2 aliphatic rings.